The van der Waals surface area contributed by atoms with E-state index in [4.69, 9.17) is 12.2 Å². The van der Waals surface area contributed by atoms with Gasteiger partial charge in [-0.3, -0.25) is 0 Å². The quantitative estimate of drug-likeness (QED) is 0.497. The van der Waals surface area contributed by atoms with Crippen LogP contribution >= 0.6 is 0 Å². The van der Waals surface area contributed by atoms with Gasteiger partial charge < -0.3 is 10.6 Å². The SMILES string of the molecule is C#CC1=CCN(C(N)=O)CC1. The van der Waals surface area contributed by atoms with E-state index in [1.165, 1.54) is 0 Å². The van der Waals surface area contributed by atoms with E-state index < -0.39 is 0 Å². The number of carbonyl (C=O) groups is 1. The fraction of sp³-hybridized carbons (Fsp3) is 0.375. The summed E-state index contributed by atoms with van der Waals surface area (Å²) in [5, 5.41) is 0. The van der Waals surface area contributed by atoms with E-state index in [2.05, 4.69) is 5.92 Å². The van der Waals surface area contributed by atoms with Gasteiger partial charge in [0.05, 0.1) is 0 Å². The molecule has 1 rings (SSSR count). The van der Waals surface area contributed by atoms with Crippen LogP contribution in [0.15, 0.2) is 11.6 Å². The number of urea groups is 1. The minimum atomic E-state index is -0.377. The molecule has 0 aliphatic carbocycles. The fourth-order valence-corrected chi connectivity index (χ4v) is 1.00. The number of hydrogen-bond donors (Lipinski definition) is 1. The molecule has 3 nitrogen and oxygen atoms in total. The van der Waals surface area contributed by atoms with Crippen LogP contribution in [0.1, 0.15) is 6.42 Å². The van der Waals surface area contributed by atoms with Gasteiger partial charge in [-0.2, -0.15) is 0 Å². The van der Waals surface area contributed by atoms with E-state index >= 15 is 0 Å². The van der Waals surface area contributed by atoms with E-state index in [1.54, 1.807) is 4.90 Å². The molecule has 0 aromatic carbocycles. The molecule has 2 N–H and O–H groups in total. The van der Waals surface area contributed by atoms with Gasteiger partial charge in [0, 0.05) is 18.7 Å². The Labute approximate surface area is 65.9 Å². The lowest BCUT2D eigenvalue weighted by atomic mass is 10.1. The average Bonchev–Trinajstić information content (AvgIpc) is 2.05. The van der Waals surface area contributed by atoms with Crippen LogP contribution in [0, 0.1) is 12.3 Å². The van der Waals surface area contributed by atoms with Crippen molar-refractivity contribution in [2.75, 3.05) is 13.1 Å². The Morgan fingerprint density at radius 3 is 2.91 bits per heavy atom. The Morgan fingerprint density at radius 2 is 2.55 bits per heavy atom. The van der Waals surface area contributed by atoms with Crippen molar-refractivity contribution in [1.29, 1.82) is 0 Å². The van der Waals surface area contributed by atoms with Crippen LogP contribution in [0.2, 0.25) is 0 Å². The molecule has 0 bridgehead atoms. The number of nitrogens with zero attached hydrogens (tertiary/aromatic N) is 1. The van der Waals surface area contributed by atoms with Crippen molar-refractivity contribution in [3.63, 3.8) is 0 Å². The van der Waals surface area contributed by atoms with Crippen molar-refractivity contribution >= 4 is 6.03 Å². The second kappa shape index (κ2) is 3.11. The van der Waals surface area contributed by atoms with Gasteiger partial charge in [-0.1, -0.05) is 12.0 Å². The van der Waals surface area contributed by atoms with E-state index in [9.17, 15) is 4.79 Å². The predicted octanol–water partition coefficient (Wildman–Crippen LogP) is 0.330. The van der Waals surface area contributed by atoms with Gasteiger partial charge in [-0.25, -0.2) is 4.79 Å². The molecule has 3 heteroatoms. The maximum absolute atomic E-state index is 10.6. The largest absolute Gasteiger partial charge is 0.351 e. The molecule has 1 aliphatic rings. The zero-order valence-corrected chi connectivity index (χ0v) is 6.21. The fourth-order valence-electron chi connectivity index (χ4n) is 1.00. The Kier molecular flexibility index (Phi) is 2.17. The third-order valence-electron chi connectivity index (χ3n) is 1.71. The van der Waals surface area contributed by atoms with Gasteiger partial charge in [-0.15, -0.1) is 6.42 Å². The molecule has 0 fully saturated rings. The van der Waals surface area contributed by atoms with Gasteiger partial charge in [0.15, 0.2) is 0 Å². The minimum absolute atomic E-state index is 0.377. The lowest BCUT2D eigenvalue weighted by Gasteiger charge is -2.22. The number of hydrogen-bond acceptors (Lipinski definition) is 1. The number of rotatable bonds is 0. The summed E-state index contributed by atoms with van der Waals surface area (Å²) in [5.74, 6) is 2.55. The van der Waals surface area contributed by atoms with Gasteiger partial charge >= 0.3 is 6.03 Å². The molecule has 0 saturated heterocycles. The highest BCUT2D eigenvalue weighted by Crippen LogP contribution is 2.08. The molecule has 0 aromatic rings. The van der Waals surface area contributed by atoms with E-state index in [1.807, 2.05) is 6.08 Å². The summed E-state index contributed by atoms with van der Waals surface area (Å²) < 4.78 is 0. The summed E-state index contributed by atoms with van der Waals surface area (Å²) in [4.78, 5) is 12.2. The van der Waals surface area contributed by atoms with Crippen LogP contribution in [0.4, 0.5) is 4.79 Å². The van der Waals surface area contributed by atoms with E-state index in [0.29, 0.717) is 13.1 Å². The first-order valence-corrected chi connectivity index (χ1v) is 3.44. The molecular weight excluding hydrogens is 140 g/mol. The molecule has 0 saturated carbocycles. The molecule has 11 heavy (non-hydrogen) atoms. The molecular formula is C8H10N2O. The summed E-state index contributed by atoms with van der Waals surface area (Å²) in [6, 6.07) is -0.377. The van der Waals surface area contributed by atoms with Crippen LogP contribution in [0.5, 0.6) is 0 Å². The van der Waals surface area contributed by atoms with Crippen molar-refractivity contribution in [3.8, 4) is 12.3 Å². The van der Waals surface area contributed by atoms with Crippen molar-refractivity contribution in [3.05, 3.63) is 11.6 Å². The molecule has 58 valence electrons. The Balaban J connectivity index is 2.56. The van der Waals surface area contributed by atoms with Crippen LogP contribution in [-0.4, -0.2) is 24.0 Å². The standard InChI is InChI=1S/C8H10N2O/c1-2-7-3-5-10(6-4-7)8(9)11/h1,3H,4-6H2,(H2,9,11). The zero-order valence-electron chi connectivity index (χ0n) is 6.21. The number of primary amides is 1. The Hall–Kier alpha value is -1.43. The molecule has 2 amide bonds. The van der Waals surface area contributed by atoms with Gasteiger partial charge in [-0.05, 0) is 6.42 Å². The van der Waals surface area contributed by atoms with E-state index in [-0.39, 0.29) is 6.03 Å². The Morgan fingerprint density at radius 1 is 1.82 bits per heavy atom. The third-order valence-corrected chi connectivity index (χ3v) is 1.71. The van der Waals surface area contributed by atoms with Crippen molar-refractivity contribution < 1.29 is 4.79 Å². The minimum Gasteiger partial charge on any atom is -0.351 e. The average molecular weight is 150 g/mol. The molecule has 0 radical (unpaired) electrons. The van der Waals surface area contributed by atoms with E-state index in [0.717, 1.165) is 12.0 Å². The van der Waals surface area contributed by atoms with Crippen LogP contribution in [-0.2, 0) is 0 Å². The highest BCUT2D eigenvalue weighted by Gasteiger charge is 2.12. The lowest BCUT2D eigenvalue weighted by molar-refractivity contribution is 0.212. The maximum Gasteiger partial charge on any atom is 0.315 e. The predicted molar refractivity (Wildman–Crippen MR) is 42.7 cm³/mol. The maximum atomic E-state index is 10.6. The van der Waals surface area contributed by atoms with Crippen LogP contribution in [0.3, 0.4) is 0 Å². The first-order chi connectivity index (χ1) is 5.24. The molecule has 1 heterocycles. The highest BCUT2D eigenvalue weighted by molar-refractivity contribution is 5.72. The first kappa shape index (κ1) is 7.67. The molecule has 0 unspecified atom stereocenters. The number of terminal acetylenes is 1. The summed E-state index contributed by atoms with van der Waals surface area (Å²) in [5.41, 5.74) is 6.02. The summed E-state index contributed by atoms with van der Waals surface area (Å²) in [6.45, 7) is 1.19. The molecule has 0 atom stereocenters. The number of amides is 2. The monoisotopic (exact) mass is 150 g/mol. The molecule has 0 spiro atoms. The Bertz CT molecular complexity index is 237. The highest BCUT2D eigenvalue weighted by atomic mass is 16.2. The second-order valence-electron chi connectivity index (χ2n) is 2.41. The summed E-state index contributed by atoms with van der Waals surface area (Å²) in [6.07, 6.45) is 7.78. The van der Waals surface area contributed by atoms with Crippen LogP contribution < -0.4 is 5.73 Å². The molecule has 0 aromatic heterocycles. The summed E-state index contributed by atoms with van der Waals surface area (Å²) >= 11 is 0. The first-order valence-electron chi connectivity index (χ1n) is 3.44. The van der Waals surface area contributed by atoms with Crippen molar-refractivity contribution in [2.45, 2.75) is 6.42 Å². The summed E-state index contributed by atoms with van der Waals surface area (Å²) in [7, 11) is 0. The topological polar surface area (TPSA) is 46.3 Å². The third kappa shape index (κ3) is 1.74. The second-order valence-corrected chi connectivity index (χ2v) is 2.41. The van der Waals surface area contributed by atoms with Gasteiger partial charge in [0.1, 0.15) is 0 Å². The normalized spacial score (nSPS) is 17.0. The van der Waals surface area contributed by atoms with Gasteiger partial charge in [0.2, 0.25) is 0 Å². The van der Waals surface area contributed by atoms with Gasteiger partial charge in [0.25, 0.3) is 0 Å². The van der Waals surface area contributed by atoms with Crippen molar-refractivity contribution in [2.24, 2.45) is 5.73 Å². The van der Waals surface area contributed by atoms with Crippen molar-refractivity contribution in [1.82, 2.24) is 4.90 Å². The number of nitrogens with two attached hydrogens (primary N) is 1. The van der Waals surface area contributed by atoms with Crippen LogP contribution in [0.25, 0.3) is 0 Å². The number of carbonyl (C=O) groups excluding carboxylic acids is 1. The zero-order chi connectivity index (χ0) is 8.27. The molecule has 1 aliphatic heterocycles. The smallest absolute Gasteiger partial charge is 0.315 e. The lowest BCUT2D eigenvalue weighted by Crippen LogP contribution is -2.38.